The number of benzene rings is 7. The molecule has 0 radical (unpaired) electrons. The van der Waals surface area contributed by atoms with E-state index in [0.717, 1.165) is 0 Å². The minimum absolute atomic E-state index is 1.18. The molecule has 2 heterocycles. The summed E-state index contributed by atoms with van der Waals surface area (Å²) in [5, 5.41) is 10.2. The summed E-state index contributed by atoms with van der Waals surface area (Å²) in [6.45, 7) is 0. The van der Waals surface area contributed by atoms with Crippen LogP contribution in [0.4, 0.5) is 0 Å². The van der Waals surface area contributed by atoms with Gasteiger partial charge in [-0.1, -0.05) is 103 Å². The molecular weight excluding hydrogens is 484 g/mol. The molecule has 0 bridgehead atoms. The van der Waals surface area contributed by atoms with E-state index in [1.54, 1.807) is 0 Å². The second-order valence-corrected chi connectivity index (χ2v) is 10.6. The fourth-order valence-electron chi connectivity index (χ4n) is 6.77. The molecule has 0 atom stereocenters. The Hall–Kier alpha value is -5.34. The van der Waals surface area contributed by atoms with Gasteiger partial charge >= 0.3 is 0 Å². The molecule has 0 amide bonds. The van der Waals surface area contributed by atoms with Crippen LogP contribution in [0.15, 0.2) is 146 Å². The average molecular weight is 509 g/mol. The third-order valence-electron chi connectivity index (χ3n) is 8.47. The van der Waals surface area contributed by atoms with E-state index >= 15 is 0 Å². The molecule has 186 valence electrons. The summed E-state index contributed by atoms with van der Waals surface area (Å²) in [7, 11) is 0. The summed E-state index contributed by atoms with van der Waals surface area (Å²) in [5.41, 5.74) is 7.31. The second-order valence-electron chi connectivity index (χ2n) is 10.6. The van der Waals surface area contributed by atoms with Crippen molar-refractivity contribution in [2.75, 3.05) is 0 Å². The van der Waals surface area contributed by atoms with Crippen molar-refractivity contribution in [3.63, 3.8) is 0 Å². The monoisotopic (exact) mass is 508 g/mol. The van der Waals surface area contributed by atoms with Crippen molar-refractivity contribution in [3.8, 4) is 11.4 Å². The van der Waals surface area contributed by atoms with E-state index in [1.807, 2.05) is 0 Å². The Morgan fingerprint density at radius 3 is 1.80 bits per heavy atom. The topological polar surface area (TPSA) is 9.86 Å². The normalized spacial score (nSPS) is 12.0. The van der Waals surface area contributed by atoms with Gasteiger partial charge in [-0.2, -0.15) is 0 Å². The SMILES string of the molecule is c1ccc(-n2c3ccccc3c3c4ccc5c6ccccc6n(-c6ccc7ccccc7c6)c5c4ccc32)cc1. The van der Waals surface area contributed by atoms with Crippen molar-refractivity contribution in [1.29, 1.82) is 0 Å². The molecule has 2 nitrogen and oxygen atoms in total. The van der Waals surface area contributed by atoms with Crippen LogP contribution in [0, 0.1) is 0 Å². The standard InChI is InChI=1S/C38H24N2/c1-2-12-27(13-3-1)39-35-17-9-7-15-33(35)37-30-20-21-31-29-14-6-8-16-34(29)40(38(31)32(30)22-23-36(37)39)28-19-18-25-10-4-5-11-26(25)24-28/h1-24H. The Labute approximate surface area is 230 Å². The molecule has 0 fully saturated rings. The van der Waals surface area contributed by atoms with E-state index in [9.17, 15) is 0 Å². The van der Waals surface area contributed by atoms with Crippen molar-refractivity contribution in [1.82, 2.24) is 9.13 Å². The van der Waals surface area contributed by atoms with Crippen LogP contribution in [0.3, 0.4) is 0 Å². The highest BCUT2D eigenvalue weighted by molar-refractivity contribution is 6.28. The first-order chi connectivity index (χ1) is 19.9. The molecule has 0 N–H and O–H groups in total. The van der Waals surface area contributed by atoms with E-state index in [4.69, 9.17) is 0 Å². The van der Waals surface area contributed by atoms with E-state index < -0.39 is 0 Å². The quantitative estimate of drug-likeness (QED) is 0.220. The molecule has 2 heteroatoms. The minimum atomic E-state index is 1.18. The molecule has 0 spiro atoms. The number of hydrogen-bond donors (Lipinski definition) is 0. The van der Waals surface area contributed by atoms with E-state index in [1.165, 1.54) is 76.5 Å². The Morgan fingerprint density at radius 1 is 0.325 bits per heavy atom. The van der Waals surface area contributed by atoms with Crippen LogP contribution in [-0.4, -0.2) is 9.13 Å². The molecule has 2 aromatic heterocycles. The molecule has 0 aliphatic rings. The second kappa shape index (κ2) is 8.08. The van der Waals surface area contributed by atoms with Gasteiger partial charge in [0.05, 0.1) is 22.1 Å². The van der Waals surface area contributed by atoms with Gasteiger partial charge in [-0.15, -0.1) is 0 Å². The lowest BCUT2D eigenvalue weighted by Crippen LogP contribution is -1.95. The number of hydrogen-bond acceptors (Lipinski definition) is 0. The van der Waals surface area contributed by atoms with E-state index in [2.05, 4.69) is 155 Å². The first-order valence-electron chi connectivity index (χ1n) is 13.8. The zero-order valence-electron chi connectivity index (χ0n) is 21.8. The molecule has 7 aromatic carbocycles. The largest absolute Gasteiger partial charge is 0.309 e. The molecule has 0 saturated carbocycles. The first kappa shape index (κ1) is 21.6. The third-order valence-corrected chi connectivity index (χ3v) is 8.47. The molecule has 0 saturated heterocycles. The summed E-state index contributed by atoms with van der Waals surface area (Å²) in [6, 6.07) is 53.0. The van der Waals surface area contributed by atoms with Gasteiger partial charge in [0.25, 0.3) is 0 Å². The lowest BCUT2D eigenvalue weighted by molar-refractivity contribution is 1.18. The fraction of sp³-hybridized carbons (Fsp3) is 0. The maximum absolute atomic E-state index is 2.46. The van der Waals surface area contributed by atoms with Crippen LogP contribution < -0.4 is 0 Å². The molecule has 40 heavy (non-hydrogen) atoms. The fourth-order valence-corrected chi connectivity index (χ4v) is 6.77. The van der Waals surface area contributed by atoms with Gasteiger partial charge in [0.1, 0.15) is 0 Å². The van der Waals surface area contributed by atoms with Crippen molar-refractivity contribution in [2.45, 2.75) is 0 Å². The number of rotatable bonds is 2. The molecule has 0 aliphatic heterocycles. The lowest BCUT2D eigenvalue weighted by atomic mass is 10.0. The Kier molecular flexibility index (Phi) is 4.36. The van der Waals surface area contributed by atoms with Crippen LogP contribution in [0.25, 0.3) is 76.5 Å². The highest BCUT2D eigenvalue weighted by Crippen LogP contribution is 2.42. The van der Waals surface area contributed by atoms with Crippen LogP contribution >= 0.6 is 0 Å². The lowest BCUT2D eigenvalue weighted by Gasteiger charge is -2.12. The summed E-state index contributed by atoms with van der Waals surface area (Å²) in [6.07, 6.45) is 0. The Morgan fingerprint density at radius 2 is 0.950 bits per heavy atom. The van der Waals surface area contributed by atoms with Gasteiger partial charge in [-0.25, -0.2) is 0 Å². The predicted octanol–water partition coefficient (Wildman–Crippen LogP) is 10.2. The summed E-state index contributed by atoms with van der Waals surface area (Å²) < 4.78 is 4.86. The highest BCUT2D eigenvalue weighted by Gasteiger charge is 2.19. The zero-order valence-corrected chi connectivity index (χ0v) is 21.8. The van der Waals surface area contributed by atoms with Crippen molar-refractivity contribution < 1.29 is 0 Å². The van der Waals surface area contributed by atoms with Crippen LogP contribution in [0.2, 0.25) is 0 Å². The highest BCUT2D eigenvalue weighted by atomic mass is 15.0. The minimum Gasteiger partial charge on any atom is -0.309 e. The van der Waals surface area contributed by atoms with Gasteiger partial charge < -0.3 is 9.13 Å². The molecule has 0 aliphatic carbocycles. The summed E-state index contributed by atoms with van der Waals surface area (Å²) >= 11 is 0. The van der Waals surface area contributed by atoms with E-state index in [0.29, 0.717) is 0 Å². The van der Waals surface area contributed by atoms with Gasteiger partial charge in [0, 0.05) is 38.3 Å². The third kappa shape index (κ3) is 2.88. The maximum Gasteiger partial charge on any atom is 0.0619 e. The van der Waals surface area contributed by atoms with Crippen LogP contribution in [-0.2, 0) is 0 Å². The number of nitrogens with zero attached hydrogens (tertiary/aromatic N) is 2. The molecule has 9 aromatic rings. The van der Waals surface area contributed by atoms with Gasteiger partial charge in [0.2, 0.25) is 0 Å². The molecule has 9 rings (SSSR count). The van der Waals surface area contributed by atoms with Crippen molar-refractivity contribution >= 4 is 65.2 Å². The van der Waals surface area contributed by atoms with Crippen molar-refractivity contribution in [3.05, 3.63) is 146 Å². The summed E-state index contributed by atoms with van der Waals surface area (Å²) in [5.74, 6) is 0. The van der Waals surface area contributed by atoms with Crippen LogP contribution in [0.5, 0.6) is 0 Å². The summed E-state index contributed by atoms with van der Waals surface area (Å²) in [4.78, 5) is 0. The number of aromatic nitrogens is 2. The smallest absolute Gasteiger partial charge is 0.0619 e. The van der Waals surface area contributed by atoms with Crippen molar-refractivity contribution in [2.24, 2.45) is 0 Å². The predicted molar refractivity (Wildman–Crippen MR) is 170 cm³/mol. The zero-order chi connectivity index (χ0) is 26.2. The Bertz CT molecular complexity index is 2420. The maximum atomic E-state index is 2.46. The average Bonchev–Trinajstić information content (AvgIpc) is 3.54. The van der Waals surface area contributed by atoms with Gasteiger partial charge in [-0.3, -0.25) is 0 Å². The van der Waals surface area contributed by atoms with E-state index in [-0.39, 0.29) is 0 Å². The molecule has 0 unspecified atom stereocenters. The Balaban J connectivity index is 1.46. The first-order valence-corrected chi connectivity index (χ1v) is 13.8. The number of fused-ring (bicyclic) bond motifs is 10. The number of para-hydroxylation sites is 3. The van der Waals surface area contributed by atoms with Crippen LogP contribution in [0.1, 0.15) is 0 Å². The van der Waals surface area contributed by atoms with Gasteiger partial charge in [0.15, 0.2) is 0 Å². The van der Waals surface area contributed by atoms with Gasteiger partial charge in [-0.05, 0) is 58.6 Å². The molecular formula is C38H24N2.